The molecule has 2 aromatic carbocycles. The molecule has 2 atom stereocenters. The lowest BCUT2D eigenvalue weighted by Crippen LogP contribution is -2.44. The second-order valence-electron chi connectivity index (χ2n) is 9.72. The number of aromatic nitrogens is 3. The van der Waals surface area contributed by atoms with E-state index in [4.69, 9.17) is 4.74 Å². The highest BCUT2D eigenvalue weighted by atomic mass is 32.2. The predicted octanol–water partition coefficient (Wildman–Crippen LogP) is 5.35. The van der Waals surface area contributed by atoms with Crippen LogP contribution in [0.25, 0.3) is 22.0 Å². The first-order chi connectivity index (χ1) is 19.9. The molecule has 4 aromatic rings. The topological polar surface area (TPSA) is 118 Å². The summed E-state index contributed by atoms with van der Waals surface area (Å²) in [6.45, 7) is 2.13. The fourth-order valence-electron chi connectivity index (χ4n) is 4.67. The maximum absolute atomic E-state index is 15.6. The quantitative estimate of drug-likeness (QED) is 0.229. The van der Waals surface area contributed by atoms with E-state index < -0.39 is 39.6 Å². The number of benzene rings is 2. The van der Waals surface area contributed by atoms with Crippen LogP contribution in [0.4, 0.5) is 33.6 Å². The van der Waals surface area contributed by atoms with Crippen LogP contribution in [0.1, 0.15) is 12.0 Å². The van der Waals surface area contributed by atoms with Gasteiger partial charge in [0.15, 0.2) is 11.6 Å². The molecule has 0 aliphatic carbocycles. The van der Waals surface area contributed by atoms with Gasteiger partial charge in [-0.1, -0.05) is 24.3 Å². The Kier molecular flexibility index (Phi) is 8.14. The Hall–Kier alpha value is -4.11. The van der Waals surface area contributed by atoms with Gasteiger partial charge in [-0.3, -0.25) is 4.72 Å². The smallest absolute Gasteiger partial charge is 0.404 e. The van der Waals surface area contributed by atoms with Gasteiger partial charge in [-0.25, -0.2) is 32.2 Å². The SMILES string of the molecule is Cc1c(F)c(NS(=O)(=O)CC(F)(F)F)c2ccccc2c1Oc1ncccc1-c1ccnc(NC2CNCC(F)C2)n1. The van der Waals surface area contributed by atoms with Crippen LogP contribution in [0.15, 0.2) is 54.9 Å². The summed E-state index contributed by atoms with van der Waals surface area (Å²) in [7, 11) is -4.97. The van der Waals surface area contributed by atoms with Crippen molar-refractivity contribution < 1.29 is 35.1 Å². The van der Waals surface area contributed by atoms with E-state index in [1.54, 1.807) is 29.0 Å². The summed E-state index contributed by atoms with van der Waals surface area (Å²) in [6.07, 6.45) is -2.77. The van der Waals surface area contributed by atoms with Gasteiger partial charge in [-0.15, -0.1) is 0 Å². The number of hydrogen-bond acceptors (Lipinski definition) is 8. The lowest BCUT2D eigenvalue weighted by molar-refractivity contribution is -0.106. The van der Waals surface area contributed by atoms with Crippen molar-refractivity contribution in [3.05, 3.63) is 66.2 Å². The highest BCUT2D eigenvalue weighted by molar-refractivity contribution is 7.92. The molecule has 0 radical (unpaired) electrons. The summed E-state index contributed by atoms with van der Waals surface area (Å²) in [5.74, 6) is -3.01. The predicted molar refractivity (Wildman–Crippen MR) is 147 cm³/mol. The molecule has 1 aliphatic rings. The van der Waals surface area contributed by atoms with Crippen LogP contribution in [0.3, 0.4) is 0 Å². The van der Waals surface area contributed by atoms with Gasteiger partial charge in [-0.05, 0) is 25.1 Å². The molecule has 2 unspecified atom stereocenters. The lowest BCUT2D eigenvalue weighted by Gasteiger charge is -2.26. The number of alkyl halides is 4. The summed E-state index contributed by atoms with van der Waals surface area (Å²) in [6, 6.07) is 10.6. The standard InChI is InChI=1S/C27H25F5N6O3S/c1-15-22(29)23(38-42(39,40)14-27(30,31)32)18-5-2-3-6-19(18)24(15)41-25-20(7-4-9-34-25)21-8-10-35-26(37-21)36-17-11-16(28)12-33-13-17/h2-10,16-17,33,38H,11-14H2,1H3,(H,35,36,37). The Balaban J connectivity index is 1.51. The molecule has 15 heteroatoms. The minimum Gasteiger partial charge on any atom is -0.437 e. The monoisotopic (exact) mass is 608 g/mol. The molecule has 0 amide bonds. The molecule has 9 nitrogen and oxygen atoms in total. The van der Waals surface area contributed by atoms with Crippen molar-refractivity contribution in [3.8, 4) is 22.9 Å². The summed E-state index contributed by atoms with van der Waals surface area (Å²) >= 11 is 0. The largest absolute Gasteiger partial charge is 0.437 e. The summed E-state index contributed by atoms with van der Waals surface area (Å²) in [5.41, 5.74) is 0.0212. The Morgan fingerprint density at radius 2 is 1.81 bits per heavy atom. The van der Waals surface area contributed by atoms with Gasteiger partial charge in [0.25, 0.3) is 0 Å². The molecular formula is C27H25F5N6O3S. The summed E-state index contributed by atoms with van der Waals surface area (Å²) in [4.78, 5) is 13.0. The number of hydrogen-bond donors (Lipinski definition) is 3. The second kappa shape index (κ2) is 11.6. The van der Waals surface area contributed by atoms with Gasteiger partial charge < -0.3 is 15.4 Å². The number of sulfonamides is 1. The summed E-state index contributed by atoms with van der Waals surface area (Å²) < 4.78 is 100. The highest BCUT2D eigenvalue weighted by Gasteiger charge is 2.36. The van der Waals surface area contributed by atoms with E-state index in [2.05, 4.69) is 25.6 Å². The number of nitrogens with zero attached hydrogens (tertiary/aromatic N) is 3. The van der Waals surface area contributed by atoms with Crippen molar-refractivity contribution >= 4 is 32.4 Å². The van der Waals surface area contributed by atoms with Crippen LogP contribution < -0.4 is 20.1 Å². The first-order valence-corrected chi connectivity index (χ1v) is 14.4. The van der Waals surface area contributed by atoms with E-state index in [1.807, 2.05) is 0 Å². The molecule has 3 N–H and O–H groups in total. The second-order valence-corrected chi connectivity index (χ2v) is 11.4. The third-order valence-corrected chi connectivity index (χ3v) is 7.70. The molecule has 1 fully saturated rings. The van der Waals surface area contributed by atoms with Crippen LogP contribution in [0.2, 0.25) is 0 Å². The van der Waals surface area contributed by atoms with Crippen molar-refractivity contribution in [3.63, 3.8) is 0 Å². The van der Waals surface area contributed by atoms with Crippen molar-refractivity contribution in [1.82, 2.24) is 20.3 Å². The molecule has 0 bridgehead atoms. The molecule has 1 aliphatic heterocycles. The molecule has 2 aromatic heterocycles. The van der Waals surface area contributed by atoms with Crippen LogP contribution in [0.5, 0.6) is 11.6 Å². The van der Waals surface area contributed by atoms with Crippen LogP contribution in [-0.2, 0) is 10.0 Å². The van der Waals surface area contributed by atoms with Crippen LogP contribution in [-0.4, -0.2) is 60.6 Å². The molecule has 222 valence electrons. The first kappa shape index (κ1) is 29.4. The Bertz CT molecular complexity index is 1720. The van der Waals surface area contributed by atoms with Crippen molar-refractivity contribution in [2.45, 2.75) is 31.7 Å². The lowest BCUT2D eigenvalue weighted by atomic mass is 10.0. The molecule has 42 heavy (non-hydrogen) atoms. The van der Waals surface area contributed by atoms with Crippen LogP contribution in [0, 0.1) is 12.7 Å². The molecule has 0 saturated carbocycles. The maximum atomic E-state index is 15.6. The summed E-state index contributed by atoms with van der Waals surface area (Å²) in [5, 5.41) is 6.32. The highest BCUT2D eigenvalue weighted by Crippen LogP contribution is 2.42. The van der Waals surface area contributed by atoms with Gasteiger partial charge >= 0.3 is 6.18 Å². The average molecular weight is 609 g/mol. The van der Waals surface area contributed by atoms with Crippen molar-refractivity contribution in [2.24, 2.45) is 0 Å². The van der Waals surface area contributed by atoms with Crippen molar-refractivity contribution in [2.75, 3.05) is 28.9 Å². The van der Waals surface area contributed by atoms with E-state index in [0.29, 0.717) is 24.2 Å². The number of nitrogens with one attached hydrogen (secondary N) is 3. The van der Waals surface area contributed by atoms with Gasteiger partial charge in [0.2, 0.25) is 21.9 Å². The third-order valence-electron chi connectivity index (χ3n) is 6.47. The first-order valence-electron chi connectivity index (χ1n) is 12.8. The van der Waals surface area contributed by atoms with E-state index >= 15 is 4.39 Å². The van der Waals surface area contributed by atoms with E-state index in [9.17, 15) is 26.0 Å². The minimum atomic E-state index is -5.02. The minimum absolute atomic E-state index is 0.0142. The number of pyridine rings is 1. The molecule has 1 saturated heterocycles. The van der Waals surface area contributed by atoms with Gasteiger partial charge in [0.05, 0.1) is 16.9 Å². The zero-order valence-corrected chi connectivity index (χ0v) is 22.9. The number of anilines is 2. The number of rotatable bonds is 8. The average Bonchev–Trinajstić information content (AvgIpc) is 2.92. The number of piperidine rings is 1. The van der Waals surface area contributed by atoms with Gasteiger partial charge in [0.1, 0.15) is 11.9 Å². The third kappa shape index (κ3) is 6.68. The van der Waals surface area contributed by atoms with E-state index in [1.165, 1.54) is 37.5 Å². The van der Waals surface area contributed by atoms with Crippen molar-refractivity contribution in [1.29, 1.82) is 0 Å². The zero-order chi connectivity index (χ0) is 30.1. The Morgan fingerprint density at radius 3 is 2.55 bits per heavy atom. The molecule has 0 spiro atoms. The van der Waals surface area contributed by atoms with E-state index in [0.717, 1.165) is 0 Å². The number of fused-ring (bicyclic) bond motifs is 1. The fraction of sp³-hybridized carbons (Fsp3) is 0.296. The van der Waals surface area contributed by atoms with E-state index in [-0.39, 0.29) is 46.5 Å². The van der Waals surface area contributed by atoms with Gasteiger partial charge in [0, 0.05) is 54.3 Å². The fourth-order valence-corrected chi connectivity index (χ4v) is 5.68. The maximum Gasteiger partial charge on any atom is 0.404 e. The molecule has 3 heterocycles. The molecular weight excluding hydrogens is 583 g/mol. The van der Waals surface area contributed by atoms with Crippen LogP contribution >= 0.6 is 0 Å². The number of halogens is 5. The Morgan fingerprint density at radius 1 is 1.05 bits per heavy atom. The Labute approximate surface area is 237 Å². The molecule has 5 rings (SSSR count). The number of ether oxygens (including phenoxy) is 1. The normalized spacial score (nSPS) is 17.7. The zero-order valence-electron chi connectivity index (χ0n) is 22.0. The van der Waals surface area contributed by atoms with Gasteiger partial charge in [-0.2, -0.15) is 13.2 Å².